The highest BCUT2D eigenvalue weighted by atomic mass is 16.5. The van der Waals surface area contributed by atoms with Crippen molar-refractivity contribution in [2.45, 2.75) is 20.4 Å². The molecule has 0 amide bonds. The second-order valence-electron chi connectivity index (χ2n) is 5.45. The Bertz CT molecular complexity index is 823. The Morgan fingerprint density at radius 3 is 2.70 bits per heavy atom. The highest BCUT2D eigenvalue weighted by Crippen LogP contribution is 2.22. The summed E-state index contributed by atoms with van der Waals surface area (Å²) in [7, 11) is 0. The monoisotopic (exact) mass is 312 g/mol. The first-order valence-corrected chi connectivity index (χ1v) is 7.23. The minimum absolute atomic E-state index is 0.0543. The standard InChI is InChI=1S/C16H16N4O3/c1-11(2)9-20-8-7-17-15(16(20)21)23-13-5-3-12(4-6-13)14-19-18-10-22-14/h3-8,10-11H,9H2,1-2H3. The molecule has 0 atom stereocenters. The molecule has 0 aliphatic carbocycles. The maximum Gasteiger partial charge on any atom is 0.313 e. The highest BCUT2D eigenvalue weighted by molar-refractivity contribution is 5.53. The fraction of sp³-hybridized carbons (Fsp3) is 0.250. The van der Waals surface area contributed by atoms with Crippen LogP contribution in [0.3, 0.4) is 0 Å². The van der Waals surface area contributed by atoms with Gasteiger partial charge < -0.3 is 13.7 Å². The molecule has 0 aliphatic heterocycles. The summed E-state index contributed by atoms with van der Waals surface area (Å²) in [6, 6.07) is 7.00. The molecule has 0 aliphatic rings. The molecule has 0 spiro atoms. The summed E-state index contributed by atoms with van der Waals surface area (Å²) in [5, 5.41) is 7.46. The van der Waals surface area contributed by atoms with Gasteiger partial charge in [-0.3, -0.25) is 4.79 Å². The largest absolute Gasteiger partial charge is 0.435 e. The number of aromatic nitrogens is 4. The summed E-state index contributed by atoms with van der Waals surface area (Å²) in [6.07, 6.45) is 4.49. The first-order valence-electron chi connectivity index (χ1n) is 7.23. The second kappa shape index (κ2) is 6.43. The van der Waals surface area contributed by atoms with Crippen LogP contribution in [0.25, 0.3) is 11.5 Å². The zero-order chi connectivity index (χ0) is 16.2. The maximum atomic E-state index is 12.3. The van der Waals surface area contributed by atoms with Gasteiger partial charge in [-0.1, -0.05) is 13.8 Å². The molecule has 0 radical (unpaired) electrons. The third kappa shape index (κ3) is 3.45. The van der Waals surface area contributed by atoms with Gasteiger partial charge in [0.05, 0.1) is 0 Å². The summed E-state index contributed by atoms with van der Waals surface area (Å²) in [5.41, 5.74) is 0.523. The van der Waals surface area contributed by atoms with Crippen LogP contribution in [0.15, 0.2) is 52.3 Å². The van der Waals surface area contributed by atoms with Crippen LogP contribution >= 0.6 is 0 Å². The molecule has 2 heterocycles. The third-order valence-corrected chi connectivity index (χ3v) is 3.12. The van der Waals surface area contributed by atoms with Gasteiger partial charge >= 0.3 is 5.56 Å². The minimum Gasteiger partial charge on any atom is -0.435 e. The predicted molar refractivity (Wildman–Crippen MR) is 83.1 cm³/mol. The summed E-state index contributed by atoms with van der Waals surface area (Å²) in [6.45, 7) is 4.71. The molecule has 0 bridgehead atoms. The molecule has 1 aromatic carbocycles. The van der Waals surface area contributed by atoms with Crippen molar-refractivity contribution in [3.63, 3.8) is 0 Å². The first-order chi connectivity index (χ1) is 11.1. The van der Waals surface area contributed by atoms with E-state index in [-0.39, 0.29) is 11.4 Å². The van der Waals surface area contributed by atoms with Crippen molar-refractivity contribution in [2.75, 3.05) is 0 Å². The fourth-order valence-corrected chi connectivity index (χ4v) is 2.11. The summed E-state index contributed by atoms with van der Waals surface area (Å²) in [5.74, 6) is 1.35. The van der Waals surface area contributed by atoms with Gasteiger partial charge in [0, 0.05) is 24.5 Å². The van der Waals surface area contributed by atoms with E-state index in [0.717, 1.165) is 5.56 Å². The Labute approximate surface area is 132 Å². The van der Waals surface area contributed by atoms with Crippen molar-refractivity contribution in [1.82, 2.24) is 19.7 Å². The number of hydrogen-bond donors (Lipinski definition) is 0. The van der Waals surface area contributed by atoms with E-state index in [1.807, 2.05) is 13.8 Å². The van der Waals surface area contributed by atoms with Crippen molar-refractivity contribution in [3.05, 3.63) is 53.4 Å². The average Bonchev–Trinajstić information content (AvgIpc) is 3.06. The molecule has 3 aromatic rings. The van der Waals surface area contributed by atoms with E-state index in [1.54, 1.807) is 41.2 Å². The van der Waals surface area contributed by atoms with Gasteiger partial charge in [0.1, 0.15) is 5.75 Å². The predicted octanol–water partition coefficient (Wildman–Crippen LogP) is 2.74. The van der Waals surface area contributed by atoms with E-state index in [1.165, 1.54) is 6.39 Å². The smallest absolute Gasteiger partial charge is 0.313 e. The topological polar surface area (TPSA) is 83.0 Å². The van der Waals surface area contributed by atoms with Crippen LogP contribution in [0.2, 0.25) is 0 Å². The van der Waals surface area contributed by atoms with Gasteiger partial charge in [-0.15, -0.1) is 10.2 Å². The number of rotatable bonds is 5. The van der Waals surface area contributed by atoms with E-state index in [0.29, 0.717) is 24.1 Å². The number of benzene rings is 1. The van der Waals surface area contributed by atoms with Gasteiger partial charge in [0.15, 0.2) is 0 Å². The zero-order valence-corrected chi connectivity index (χ0v) is 12.8. The maximum absolute atomic E-state index is 12.3. The van der Waals surface area contributed by atoms with Crippen LogP contribution < -0.4 is 10.3 Å². The Kier molecular flexibility index (Phi) is 4.18. The van der Waals surface area contributed by atoms with Gasteiger partial charge in [-0.25, -0.2) is 4.98 Å². The van der Waals surface area contributed by atoms with Gasteiger partial charge in [-0.05, 0) is 30.2 Å². The van der Waals surface area contributed by atoms with E-state index >= 15 is 0 Å². The highest BCUT2D eigenvalue weighted by Gasteiger charge is 2.09. The number of nitrogens with zero attached hydrogens (tertiary/aromatic N) is 4. The van der Waals surface area contributed by atoms with Crippen LogP contribution in [0.5, 0.6) is 11.6 Å². The summed E-state index contributed by atoms with van der Waals surface area (Å²) in [4.78, 5) is 16.3. The van der Waals surface area contributed by atoms with Crippen LogP contribution in [-0.2, 0) is 6.54 Å². The molecule has 0 N–H and O–H groups in total. The summed E-state index contributed by atoms with van der Waals surface area (Å²) >= 11 is 0. The molecule has 118 valence electrons. The Balaban J connectivity index is 1.81. The lowest BCUT2D eigenvalue weighted by Gasteiger charge is -2.10. The van der Waals surface area contributed by atoms with Crippen LogP contribution in [0, 0.1) is 5.92 Å². The lowest BCUT2D eigenvalue weighted by Crippen LogP contribution is -2.23. The fourth-order valence-electron chi connectivity index (χ4n) is 2.11. The summed E-state index contributed by atoms with van der Waals surface area (Å²) < 4.78 is 12.3. The van der Waals surface area contributed by atoms with Gasteiger partial charge in [-0.2, -0.15) is 0 Å². The molecular weight excluding hydrogens is 296 g/mol. The molecule has 7 nitrogen and oxygen atoms in total. The molecule has 3 rings (SSSR count). The molecule has 2 aromatic heterocycles. The third-order valence-electron chi connectivity index (χ3n) is 3.12. The Morgan fingerprint density at radius 1 is 1.26 bits per heavy atom. The van der Waals surface area contributed by atoms with E-state index in [4.69, 9.17) is 9.15 Å². The van der Waals surface area contributed by atoms with Crippen molar-refractivity contribution in [2.24, 2.45) is 5.92 Å². The van der Waals surface area contributed by atoms with E-state index in [9.17, 15) is 4.79 Å². The quantitative estimate of drug-likeness (QED) is 0.720. The van der Waals surface area contributed by atoms with Crippen LogP contribution in [-0.4, -0.2) is 19.7 Å². The lowest BCUT2D eigenvalue weighted by molar-refractivity contribution is 0.432. The Morgan fingerprint density at radius 2 is 2.04 bits per heavy atom. The van der Waals surface area contributed by atoms with Crippen molar-refractivity contribution in [1.29, 1.82) is 0 Å². The van der Waals surface area contributed by atoms with Gasteiger partial charge in [0.25, 0.3) is 5.88 Å². The van der Waals surface area contributed by atoms with Crippen LogP contribution in [0.1, 0.15) is 13.8 Å². The second-order valence-corrected chi connectivity index (χ2v) is 5.45. The molecule has 0 saturated heterocycles. The lowest BCUT2D eigenvalue weighted by atomic mass is 10.2. The zero-order valence-electron chi connectivity index (χ0n) is 12.8. The molecule has 0 fully saturated rings. The minimum atomic E-state index is -0.248. The van der Waals surface area contributed by atoms with Crippen molar-refractivity contribution >= 4 is 0 Å². The SMILES string of the molecule is CC(C)Cn1ccnc(Oc2ccc(-c3nnco3)cc2)c1=O. The molecule has 23 heavy (non-hydrogen) atoms. The molecule has 7 heteroatoms. The number of ether oxygens (including phenoxy) is 1. The molecule has 0 saturated carbocycles. The van der Waals surface area contributed by atoms with Gasteiger partial charge in [0.2, 0.25) is 12.3 Å². The number of hydrogen-bond acceptors (Lipinski definition) is 6. The van der Waals surface area contributed by atoms with Crippen molar-refractivity contribution in [3.8, 4) is 23.1 Å². The molecular formula is C16H16N4O3. The van der Waals surface area contributed by atoms with E-state index in [2.05, 4.69) is 15.2 Å². The normalized spacial score (nSPS) is 10.9. The molecule has 0 unspecified atom stereocenters. The first kappa shape index (κ1) is 15.0. The average molecular weight is 312 g/mol. The van der Waals surface area contributed by atoms with Crippen LogP contribution in [0.4, 0.5) is 0 Å². The Hall–Kier alpha value is -2.96. The van der Waals surface area contributed by atoms with Crippen molar-refractivity contribution < 1.29 is 9.15 Å². The van der Waals surface area contributed by atoms with E-state index < -0.39 is 0 Å².